The van der Waals surface area contributed by atoms with Crippen LogP contribution in [0.5, 0.6) is 5.75 Å². The van der Waals surface area contributed by atoms with Crippen molar-refractivity contribution in [3.05, 3.63) is 46.3 Å². The first-order valence-electron chi connectivity index (χ1n) is 6.33. The van der Waals surface area contributed by atoms with Gasteiger partial charge in [-0.05, 0) is 36.0 Å². The molecule has 0 aromatic heterocycles. The maximum atomic E-state index is 11.9. The number of amides is 2. The van der Waals surface area contributed by atoms with E-state index in [2.05, 4.69) is 16.9 Å². The number of ether oxygens (including phenoxy) is 1. The first-order chi connectivity index (χ1) is 10.5. The average molecular weight is 337 g/mol. The number of rotatable bonds is 4. The van der Waals surface area contributed by atoms with Crippen LogP contribution in [0.25, 0.3) is 6.08 Å². The van der Waals surface area contributed by atoms with Gasteiger partial charge in [0.15, 0.2) is 5.17 Å². The topological polar surface area (TPSA) is 67.8 Å². The molecular formula is C15H13ClN2O3S. The van der Waals surface area contributed by atoms with Crippen LogP contribution in [-0.4, -0.2) is 23.6 Å². The van der Waals surface area contributed by atoms with Gasteiger partial charge in [-0.1, -0.05) is 24.3 Å². The highest BCUT2D eigenvalue weighted by Crippen LogP contribution is 2.31. The second kappa shape index (κ2) is 7.29. The largest absolute Gasteiger partial charge is 0.489 e. The SMILES string of the molecule is C=CCOc1ccc(Cl)cc1C=C1SC(NC(C)=O)=NC1=O. The molecule has 7 heteroatoms. The van der Waals surface area contributed by atoms with E-state index < -0.39 is 5.91 Å². The fraction of sp³-hybridized carbons (Fsp3) is 0.133. The lowest BCUT2D eigenvalue weighted by molar-refractivity contribution is -0.117. The molecule has 1 heterocycles. The number of nitrogens with one attached hydrogen (secondary N) is 1. The van der Waals surface area contributed by atoms with Crippen molar-refractivity contribution in [3.63, 3.8) is 0 Å². The molecule has 0 aliphatic carbocycles. The van der Waals surface area contributed by atoms with E-state index in [0.717, 1.165) is 11.8 Å². The molecule has 0 bridgehead atoms. The summed E-state index contributed by atoms with van der Waals surface area (Å²) in [6.07, 6.45) is 3.26. The number of amidine groups is 1. The van der Waals surface area contributed by atoms with Crippen LogP contribution in [0.15, 0.2) is 40.8 Å². The number of thioether (sulfide) groups is 1. The van der Waals surface area contributed by atoms with Gasteiger partial charge in [-0.15, -0.1) is 0 Å². The summed E-state index contributed by atoms with van der Waals surface area (Å²) < 4.78 is 5.53. The predicted octanol–water partition coefficient (Wildman–Crippen LogP) is 3.01. The summed E-state index contributed by atoms with van der Waals surface area (Å²) in [5.74, 6) is -0.111. The van der Waals surface area contributed by atoms with E-state index in [4.69, 9.17) is 16.3 Å². The second-order valence-electron chi connectivity index (χ2n) is 4.30. The molecule has 0 radical (unpaired) electrons. The minimum atomic E-state index is -0.414. The van der Waals surface area contributed by atoms with Crippen molar-refractivity contribution in [2.45, 2.75) is 6.92 Å². The summed E-state index contributed by atoms with van der Waals surface area (Å²) in [5, 5.41) is 3.28. The number of carbonyl (C=O) groups excluding carboxylic acids is 2. The Labute approximate surface area is 137 Å². The number of aliphatic imine (C=N–C) groups is 1. The highest BCUT2D eigenvalue weighted by Gasteiger charge is 2.23. The number of nitrogens with zero attached hydrogens (tertiary/aromatic N) is 1. The van der Waals surface area contributed by atoms with Crippen LogP contribution in [0.1, 0.15) is 12.5 Å². The summed E-state index contributed by atoms with van der Waals surface area (Å²) in [4.78, 5) is 27.0. The molecule has 1 N–H and O–H groups in total. The Kier molecular flexibility index (Phi) is 5.41. The smallest absolute Gasteiger partial charge is 0.286 e. The Morgan fingerprint density at radius 1 is 1.55 bits per heavy atom. The first-order valence-corrected chi connectivity index (χ1v) is 7.52. The third-order valence-corrected chi connectivity index (χ3v) is 3.65. The van der Waals surface area contributed by atoms with Crippen LogP contribution in [-0.2, 0) is 9.59 Å². The van der Waals surface area contributed by atoms with Crippen molar-refractivity contribution < 1.29 is 14.3 Å². The van der Waals surface area contributed by atoms with Gasteiger partial charge in [-0.3, -0.25) is 9.59 Å². The highest BCUT2D eigenvalue weighted by molar-refractivity contribution is 8.18. The van der Waals surface area contributed by atoms with E-state index in [9.17, 15) is 9.59 Å². The van der Waals surface area contributed by atoms with Crippen LogP contribution in [0.4, 0.5) is 0 Å². The number of carbonyl (C=O) groups is 2. The van der Waals surface area contributed by atoms with E-state index in [0.29, 0.717) is 27.8 Å². The fourth-order valence-corrected chi connectivity index (χ4v) is 2.70. The Hall–Kier alpha value is -2.05. The van der Waals surface area contributed by atoms with E-state index >= 15 is 0 Å². The van der Waals surface area contributed by atoms with Crippen molar-refractivity contribution in [3.8, 4) is 5.75 Å². The number of benzene rings is 1. The number of halogens is 1. The molecule has 5 nitrogen and oxygen atoms in total. The molecule has 0 atom stereocenters. The zero-order valence-electron chi connectivity index (χ0n) is 11.8. The van der Waals surface area contributed by atoms with Gasteiger partial charge in [-0.2, -0.15) is 4.99 Å². The molecule has 114 valence electrons. The third kappa shape index (κ3) is 4.22. The number of hydrogen-bond acceptors (Lipinski definition) is 4. The van der Waals surface area contributed by atoms with E-state index in [-0.39, 0.29) is 11.1 Å². The Morgan fingerprint density at radius 2 is 2.32 bits per heavy atom. The molecule has 22 heavy (non-hydrogen) atoms. The maximum absolute atomic E-state index is 11.9. The lowest BCUT2D eigenvalue weighted by Crippen LogP contribution is -2.23. The minimum Gasteiger partial charge on any atom is -0.489 e. The normalized spacial score (nSPS) is 15.6. The molecular weight excluding hydrogens is 324 g/mol. The summed E-state index contributed by atoms with van der Waals surface area (Å²) >= 11 is 7.08. The lowest BCUT2D eigenvalue weighted by atomic mass is 10.2. The molecule has 1 aromatic rings. The van der Waals surface area contributed by atoms with Crippen LogP contribution in [0.3, 0.4) is 0 Å². The van der Waals surface area contributed by atoms with Gasteiger partial charge in [0.25, 0.3) is 5.91 Å². The fourth-order valence-electron chi connectivity index (χ4n) is 1.67. The lowest BCUT2D eigenvalue weighted by Gasteiger charge is -2.08. The van der Waals surface area contributed by atoms with Gasteiger partial charge in [0.05, 0.1) is 4.91 Å². The van der Waals surface area contributed by atoms with Crippen LogP contribution in [0, 0.1) is 0 Å². The van der Waals surface area contributed by atoms with Gasteiger partial charge in [-0.25, -0.2) is 0 Å². The molecule has 1 aromatic carbocycles. The standard InChI is InChI=1S/C15H13ClN2O3S/c1-3-6-21-12-5-4-11(16)7-10(12)8-13-14(20)18-15(22-13)17-9(2)19/h3-5,7-8H,1,6H2,2H3,(H,17,18,19,20). The minimum absolute atomic E-state index is 0.263. The third-order valence-electron chi connectivity index (χ3n) is 2.52. The van der Waals surface area contributed by atoms with Gasteiger partial charge < -0.3 is 10.1 Å². The second-order valence-corrected chi connectivity index (χ2v) is 5.76. The molecule has 0 unspecified atom stereocenters. The summed E-state index contributed by atoms with van der Waals surface area (Å²) in [6, 6.07) is 5.11. The zero-order valence-corrected chi connectivity index (χ0v) is 13.3. The Balaban J connectivity index is 2.26. The summed E-state index contributed by atoms with van der Waals surface area (Å²) in [5.41, 5.74) is 0.657. The molecule has 2 rings (SSSR count). The van der Waals surface area contributed by atoms with Crippen molar-refractivity contribution >= 4 is 46.4 Å². The Morgan fingerprint density at radius 3 is 3.00 bits per heavy atom. The highest BCUT2D eigenvalue weighted by atomic mass is 35.5. The predicted molar refractivity (Wildman–Crippen MR) is 89.0 cm³/mol. The van der Waals surface area contributed by atoms with Gasteiger partial charge in [0, 0.05) is 17.5 Å². The van der Waals surface area contributed by atoms with Crippen LogP contribution >= 0.6 is 23.4 Å². The van der Waals surface area contributed by atoms with Crippen molar-refractivity contribution in [1.29, 1.82) is 0 Å². The maximum Gasteiger partial charge on any atom is 0.286 e. The van der Waals surface area contributed by atoms with Crippen molar-refractivity contribution in [2.24, 2.45) is 4.99 Å². The molecule has 2 amide bonds. The van der Waals surface area contributed by atoms with Crippen LogP contribution < -0.4 is 10.1 Å². The van der Waals surface area contributed by atoms with Crippen molar-refractivity contribution in [2.75, 3.05) is 6.61 Å². The molecule has 0 spiro atoms. The zero-order chi connectivity index (χ0) is 16.1. The van der Waals surface area contributed by atoms with E-state index in [1.165, 1.54) is 6.92 Å². The molecule has 1 aliphatic rings. The molecule has 0 fully saturated rings. The molecule has 0 saturated heterocycles. The van der Waals surface area contributed by atoms with Gasteiger partial charge >= 0.3 is 0 Å². The number of hydrogen-bond donors (Lipinski definition) is 1. The first kappa shape index (κ1) is 16.3. The molecule has 0 saturated carbocycles. The van der Waals surface area contributed by atoms with Crippen molar-refractivity contribution in [1.82, 2.24) is 5.32 Å². The average Bonchev–Trinajstić information content (AvgIpc) is 2.77. The Bertz CT molecular complexity index is 698. The monoisotopic (exact) mass is 336 g/mol. The van der Waals surface area contributed by atoms with Gasteiger partial charge in [0.1, 0.15) is 12.4 Å². The van der Waals surface area contributed by atoms with Crippen LogP contribution in [0.2, 0.25) is 5.02 Å². The summed E-state index contributed by atoms with van der Waals surface area (Å²) in [6.45, 7) is 5.29. The quantitative estimate of drug-likeness (QED) is 0.678. The molecule has 1 aliphatic heterocycles. The summed E-state index contributed by atoms with van der Waals surface area (Å²) in [7, 11) is 0. The van der Waals surface area contributed by atoms with E-state index in [1.807, 2.05) is 0 Å². The van der Waals surface area contributed by atoms with Gasteiger partial charge in [0.2, 0.25) is 5.91 Å². The van der Waals surface area contributed by atoms with E-state index in [1.54, 1.807) is 30.4 Å².